The minimum atomic E-state index is -0.00374. The molecule has 0 unspecified atom stereocenters. The lowest BCUT2D eigenvalue weighted by Crippen LogP contribution is -2.11. The van der Waals surface area contributed by atoms with Gasteiger partial charge < -0.3 is 10.6 Å². The van der Waals surface area contributed by atoms with Crippen LogP contribution < -0.4 is 10.6 Å². The lowest BCUT2D eigenvalue weighted by molar-refractivity contribution is 0.101. The predicted molar refractivity (Wildman–Crippen MR) is 113 cm³/mol. The first kappa shape index (κ1) is 20.5. The second kappa shape index (κ2) is 8.86. The van der Waals surface area contributed by atoms with E-state index in [-0.39, 0.29) is 5.78 Å². The van der Waals surface area contributed by atoms with Crippen LogP contribution in [0.1, 0.15) is 29.8 Å². The van der Waals surface area contributed by atoms with E-state index >= 15 is 0 Å². The number of nitrogen functional groups attached to an aromatic ring is 1. The number of hydrogen-bond donors (Lipinski definition) is 1. The molecule has 0 radical (unpaired) electrons. The van der Waals surface area contributed by atoms with Crippen molar-refractivity contribution in [3.8, 4) is 17.1 Å². The largest absolute Gasteiger partial charge is 0.494 e. The number of ketones is 1. The fourth-order valence-electron chi connectivity index (χ4n) is 2.58. The van der Waals surface area contributed by atoms with Crippen LogP contribution >= 0.6 is 35.0 Å². The number of benzene rings is 2. The zero-order valence-electron chi connectivity index (χ0n) is 15.3. The second-order valence-corrected chi connectivity index (χ2v) is 7.69. The lowest BCUT2D eigenvalue weighted by Gasteiger charge is -2.11. The number of nitrogens with two attached hydrogens (primary N) is 1. The van der Waals surface area contributed by atoms with E-state index in [1.807, 2.05) is 19.1 Å². The van der Waals surface area contributed by atoms with Gasteiger partial charge in [0.15, 0.2) is 11.6 Å². The number of hydrogen-bond acceptors (Lipinski definition) is 6. The monoisotopic (exact) mass is 436 g/mol. The molecular formula is C19H18Cl2N4O2S. The summed E-state index contributed by atoms with van der Waals surface area (Å²) in [4.78, 5) is 11.7. The molecule has 1 aromatic heterocycles. The third kappa shape index (κ3) is 4.43. The number of rotatable bonds is 7. The summed E-state index contributed by atoms with van der Waals surface area (Å²) in [5.41, 5.74) is 2.15. The molecule has 0 aliphatic rings. The topological polar surface area (TPSA) is 83.0 Å². The minimum absolute atomic E-state index is 0.00374. The Morgan fingerprint density at radius 2 is 2.00 bits per heavy atom. The Kier molecular flexibility index (Phi) is 6.49. The van der Waals surface area contributed by atoms with E-state index in [0.29, 0.717) is 44.5 Å². The van der Waals surface area contributed by atoms with Crippen LogP contribution in [0.3, 0.4) is 0 Å². The Bertz CT molecular complexity index is 1020. The van der Waals surface area contributed by atoms with Crippen molar-refractivity contribution >= 4 is 40.7 Å². The normalized spacial score (nSPS) is 10.9. The molecule has 2 aromatic carbocycles. The number of halogens is 2. The Morgan fingerprint density at radius 1 is 1.21 bits per heavy atom. The van der Waals surface area contributed by atoms with Crippen molar-refractivity contribution in [2.24, 2.45) is 0 Å². The maximum Gasteiger partial charge on any atom is 0.210 e. The SMILES string of the molecule is CCOc1ccc(C(C)=O)cc1CSc1nnc(-c2ccc(Cl)cc2Cl)n1N. The maximum absolute atomic E-state index is 11.7. The van der Waals surface area contributed by atoms with E-state index < -0.39 is 0 Å². The molecule has 0 atom stereocenters. The fourth-order valence-corrected chi connectivity index (χ4v) is 3.91. The Labute approximate surface area is 177 Å². The van der Waals surface area contributed by atoms with Crippen molar-refractivity contribution in [1.82, 2.24) is 14.9 Å². The summed E-state index contributed by atoms with van der Waals surface area (Å²) in [7, 11) is 0. The lowest BCUT2D eigenvalue weighted by atomic mass is 10.1. The molecule has 0 fully saturated rings. The number of carbonyl (C=O) groups is 1. The first-order valence-corrected chi connectivity index (χ1v) is 10.2. The van der Waals surface area contributed by atoms with E-state index in [0.717, 1.165) is 11.3 Å². The van der Waals surface area contributed by atoms with Gasteiger partial charge in [-0.15, -0.1) is 10.2 Å². The van der Waals surface area contributed by atoms with Gasteiger partial charge in [-0.25, -0.2) is 4.68 Å². The molecular weight excluding hydrogens is 419 g/mol. The number of nitrogens with zero attached hydrogens (tertiary/aromatic N) is 3. The molecule has 3 aromatic rings. The third-order valence-corrected chi connectivity index (χ3v) is 5.50. The van der Waals surface area contributed by atoms with Gasteiger partial charge in [-0.3, -0.25) is 4.79 Å². The fraction of sp³-hybridized carbons (Fsp3) is 0.211. The van der Waals surface area contributed by atoms with Gasteiger partial charge in [0.25, 0.3) is 0 Å². The van der Waals surface area contributed by atoms with Crippen molar-refractivity contribution in [3.63, 3.8) is 0 Å². The predicted octanol–water partition coefficient (Wildman–Crippen LogP) is 4.86. The minimum Gasteiger partial charge on any atom is -0.494 e. The van der Waals surface area contributed by atoms with Gasteiger partial charge in [0.05, 0.1) is 11.6 Å². The van der Waals surface area contributed by atoms with Gasteiger partial charge >= 0.3 is 0 Å². The molecule has 0 saturated heterocycles. The molecule has 3 rings (SSSR count). The molecule has 2 N–H and O–H groups in total. The third-order valence-electron chi connectivity index (χ3n) is 3.96. The zero-order valence-corrected chi connectivity index (χ0v) is 17.6. The van der Waals surface area contributed by atoms with Crippen LogP contribution in [0.2, 0.25) is 10.0 Å². The molecule has 0 bridgehead atoms. The van der Waals surface area contributed by atoms with Gasteiger partial charge in [-0.2, -0.15) is 0 Å². The molecule has 1 heterocycles. The molecule has 0 aliphatic heterocycles. The van der Waals surface area contributed by atoms with Crippen molar-refractivity contribution in [2.45, 2.75) is 24.8 Å². The molecule has 9 heteroatoms. The number of ether oxygens (including phenoxy) is 1. The average molecular weight is 437 g/mol. The first-order chi connectivity index (χ1) is 13.4. The van der Waals surface area contributed by atoms with E-state index in [4.69, 9.17) is 33.8 Å². The number of aromatic nitrogens is 3. The molecule has 0 amide bonds. The van der Waals surface area contributed by atoms with Gasteiger partial charge in [-0.05, 0) is 50.2 Å². The van der Waals surface area contributed by atoms with Crippen LogP contribution in [0.5, 0.6) is 5.75 Å². The zero-order chi connectivity index (χ0) is 20.3. The van der Waals surface area contributed by atoms with E-state index in [9.17, 15) is 4.79 Å². The molecule has 0 aliphatic carbocycles. The van der Waals surface area contributed by atoms with Crippen molar-refractivity contribution in [2.75, 3.05) is 12.4 Å². The quantitative estimate of drug-likeness (QED) is 0.323. The highest BCUT2D eigenvalue weighted by molar-refractivity contribution is 7.98. The number of Topliss-reactive ketones (excluding diaryl/α,β-unsaturated/α-hetero) is 1. The van der Waals surface area contributed by atoms with Crippen molar-refractivity contribution < 1.29 is 9.53 Å². The highest BCUT2D eigenvalue weighted by Crippen LogP contribution is 2.32. The Balaban J connectivity index is 1.85. The van der Waals surface area contributed by atoms with Gasteiger partial charge in [0, 0.05) is 27.5 Å². The molecule has 6 nitrogen and oxygen atoms in total. The second-order valence-electron chi connectivity index (χ2n) is 5.90. The molecule has 28 heavy (non-hydrogen) atoms. The summed E-state index contributed by atoms with van der Waals surface area (Å²) in [5, 5.41) is 9.78. The molecule has 146 valence electrons. The highest BCUT2D eigenvalue weighted by atomic mass is 35.5. The smallest absolute Gasteiger partial charge is 0.210 e. The summed E-state index contributed by atoms with van der Waals surface area (Å²) in [5.74, 6) is 7.85. The standard InChI is InChI=1S/C19H18Cl2N4O2S/c1-3-27-17-7-4-12(11(2)26)8-13(17)10-28-19-24-23-18(25(19)22)15-6-5-14(20)9-16(15)21/h4-9H,3,10,22H2,1-2H3. The van der Waals surface area contributed by atoms with Crippen LogP contribution in [0, 0.1) is 0 Å². The maximum atomic E-state index is 11.7. The Hall–Kier alpha value is -2.22. The van der Waals surface area contributed by atoms with E-state index in [2.05, 4.69) is 10.2 Å². The van der Waals surface area contributed by atoms with Crippen LogP contribution in [-0.2, 0) is 5.75 Å². The van der Waals surface area contributed by atoms with Crippen LogP contribution in [0.4, 0.5) is 0 Å². The van der Waals surface area contributed by atoms with Crippen molar-refractivity contribution in [1.29, 1.82) is 0 Å². The van der Waals surface area contributed by atoms with Gasteiger partial charge in [-0.1, -0.05) is 35.0 Å². The molecule has 0 spiro atoms. The summed E-state index contributed by atoms with van der Waals surface area (Å²) in [6.45, 7) is 3.98. The van der Waals surface area contributed by atoms with E-state index in [1.165, 1.54) is 23.4 Å². The van der Waals surface area contributed by atoms with Gasteiger partial charge in [0.1, 0.15) is 5.75 Å². The average Bonchev–Trinajstić information content (AvgIpc) is 3.01. The summed E-state index contributed by atoms with van der Waals surface area (Å²) >= 11 is 13.6. The van der Waals surface area contributed by atoms with E-state index in [1.54, 1.807) is 24.3 Å². The van der Waals surface area contributed by atoms with Gasteiger partial charge in [0.2, 0.25) is 5.16 Å². The van der Waals surface area contributed by atoms with Crippen LogP contribution in [0.15, 0.2) is 41.6 Å². The highest BCUT2D eigenvalue weighted by Gasteiger charge is 2.16. The number of carbonyl (C=O) groups excluding carboxylic acids is 1. The molecule has 0 saturated carbocycles. The Morgan fingerprint density at radius 3 is 2.68 bits per heavy atom. The van der Waals surface area contributed by atoms with Crippen LogP contribution in [0.25, 0.3) is 11.4 Å². The summed E-state index contributed by atoms with van der Waals surface area (Å²) in [6.07, 6.45) is 0. The first-order valence-electron chi connectivity index (χ1n) is 8.46. The summed E-state index contributed by atoms with van der Waals surface area (Å²) in [6, 6.07) is 10.5. The number of thioether (sulfide) groups is 1. The summed E-state index contributed by atoms with van der Waals surface area (Å²) < 4.78 is 7.05. The van der Waals surface area contributed by atoms with Crippen LogP contribution in [-0.4, -0.2) is 27.3 Å². The van der Waals surface area contributed by atoms with Crippen molar-refractivity contribution in [3.05, 3.63) is 57.6 Å².